The van der Waals surface area contributed by atoms with Crippen molar-refractivity contribution in [3.05, 3.63) is 42.5 Å². The molecule has 0 radical (unpaired) electrons. The second-order valence-electron chi connectivity index (χ2n) is 4.24. The summed E-state index contributed by atoms with van der Waals surface area (Å²) in [6.07, 6.45) is 3.70. The van der Waals surface area contributed by atoms with Crippen LogP contribution in [0.25, 0.3) is 16.9 Å². The lowest BCUT2D eigenvalue weighted by Gasteiger charge is -2.02. The van der Waals surface area contributed by atoms with Gasteiger partial charge in [0.25, 0.3) is 0 Å². The van der Waals surface area contributed by atoms with E-state index in [1.165, 1.54) is 0 Å². The first kappa shape index (κ1) is 12.2. The molecule has 0 aliphatic heterocycles. The molecular formula is C13H11N5O2. The molecule has 0 atom stereocenters. The molecule has 7 heteroatoms. The molecule has 0 amide bonds. The minimum absolute atomic E-state index is 0.000403. The summed E-state index contributed by atoms with van der Waals surface area (Å²) in [7, 11) is 0. The molecule has 1 N–H and O–H groups in total. The minimum Gasteiger partial charge on any atom is -0.481 e. The number of hydrogen-bond donors (Lipinski definition) is 1. The van der Waals surface area contributed by atoms with Crippen molar-refractivity contribution >= 4 is 11.6 Å². The van der Waals surface area contributed by atoms with Gasteiger partial charge >= 0.3 is 5.97 Å². The second kappa shape index (κ2) is 5.04. The first-order valence-corrected chi connectivity index (χ1v) is 6.07. The lowest BCUT2D eigenvalue weighted by atomic mass is 10.2. The van der Waals surface area contributed by atoms with Gasteiger partial charge < -0.3 is 5.11 Å². The number of carbonyl (C=O) groups is 1. The number of nitrogens with zero attached hydrogens (tertiary/aromatic N) is 5. The van der Waals surface area contributed by atoms with Crippen LogP contribution in [0.1, 0.15) is 12.2 Å². The lowest BCUT2D eigenvalue weighted by molar-refractivity contribution is -0.137. The fourth-order valence-electron chi connectivity index (χ4n) is 1.88. The van der Waals surface area contributed by atoms with E-state index in [4.69, 9.17) is 5.11 Å². The van der Waals surface area contributed by atoms with Gasteiger partial charge in [0.05, 0.1) is 12.1 Å². The average Bonchev–Trinajstić information content (AvgIpc) is 2.88. The number of carboxylic acids is 1. The van der Waals surface area contributed by atoms with Gasteiger partial charge in [-0.05, 0) is 24.3 Å². The van der Waals surface area contributed by atoms with E-state index in [1.807, 2.05) is 18.2 Å². The van der Waals surface area contributed by atoms with Gasteiger partial charge in [-0.2, -0.15) is 9.61 Å². The molecule has 100 valence electrons. The molecule has 3 aromatic rings. The zero-order chi connectivity index (χ0) is 13.9. The number of pyridine rings is 1. The number of rotatable bonds is 4. The Hall–Kier alpha value is -2.83. The van der Waals surface area contributed by atoms with Gasteiger partial charge in [0.2, 0.25) is 0 Å². The predicted octanol–water partition coefficient (Wildman–Crippen LogP) is 1.20. The summed E-state index contributed by atoms with van der Waals surface area (Å²) in [5, 5.41) is 21.1. The first-order chi connectivity index (χ1) is 9.74. The summed E-state index contributed by atoms with van der Waals surface area (Å²) < 4.78 is 1.57. The van der Waals surface area contributed by atoms with E-state index in [9.17, 15) is 4.79 Å². The molecule has 0 unspecified atom stereocenters. The van der Waals surface area contributed by atoms with Gasteiger partial charge in [-0.3, -0.25) is 9.78 Å². The molecule has 0 aromatic carbocycles. The van der Waals surface area contributed by atoms with Crippen LogP contribution in [0.3, 0.4) is 0 Å². The maximum Gasteiger partial charge on any atom is 0.303 e. The molecule has 3 rings (SSSR count). The Morgan fingerprint density at radius 2 is 2.15 bits per heavy atom. The van der Waals surface area contributed by atoms with E-state index in [0.717, 1.165) is 11.3 Å². The van der Waals surface area contributed by atoms with Crippen molar-refractivity contribution in [3.63, 3.8) is 0 Å². The smallest absolute Gasteiger partial charge is 0.303 e. The molecule has 0 aliphatic rings. The molecule has 0 aliphatic carbocycles. The highest BCUT2D eigenvalue weighted by atomic mass is 16.4. The fraction of sp³-hybridized carbons (Fsp3) is 0.154. The van der Waals surface area contributed by atoms with Crippen molar-refractivity contribution in [1.29, 1.82) is 0 Å². The maximum absolute atomic E-state index is 10.6. The number of hydrogen-bond acceptors (Lipinski definition) is 5. The van der Waals surface area contributed by atoms with Crippen LogP contribution in [-0.4, -0.2) is 35.9 Å². The summed E-state index contributed by atoms with van der Waals surface area (Å²) in [6, 6.07) is 7.37. The number of carboxylic acid groups (broad SMARTS) is 1. The van der Waals surface area contributed by atoms with Gasteiger partial charge in [-0.1, -0.05) is 0 Å². The van der Waals surface area contributed by atoms with Crippen molar-refractivity contribution in [3.8, 4) is 11.3 Å². The molecule has 3 heterocycles. The summed E-state index contributed by atoms with van der Waals surface area (Å²) in [4.78, 5) is 14.7. The van der Waals surface area contributed by atoms with Gasteiger partial charge in [-0.25, -0.2) is 0 Å². The Balaban J connectivity index is 2.01. The van der Waals surface area contributed by atoms with Crippen LogP contribution in [0.5, 0.6) is 0 Å². The molecule has 0 spiro atoms. The molecule has 0 saturated heterocycles. The SMILES string of the molecule is O=C(O)CCc1nnc2ccc(-c3cccnc3)nn12. The standard InChI is InChI=1S/C13H11N5O2/c19-13(20)6-5-12-16-15-11-4-3-10(17-18(11)12)9-2-1-7-14-8-9/h1-4,7-8H,5-6H2,(H,19,20). The molecule has 0 saturated carbocycles. The van der Waals surface area contributed by atoms with Gasteiger partial charge in [0.15, 0.2) is 11.5 Å². The number of aliphatic carboxylic acids is 1. The van der Waals surface area contributed by atoms with Crippen LogP contribution in [0, 0.1) is 0 Å². The van der Waals surface area contributed by atoms with Crippen molar-refractivity contribution in [2.75, 3.05) is 0 Å². The Morgan fingerprint density at radius 3 is 2.90 bits per heavy atom. The largest absolute Gasteiger partial charge is 0.481 e. The molecular weight excluding hydrogens is 258 g/mol. The van der Waals surface area contributed by atoms with Crippen LogP contribution in [0.4, 0.5) is 0 Å². The highest BCUT2D eigenvalue weighted by Crippen LogP contribution is 2.16. The number of aromatic nitrogens is 5. The normalized spacial score (nSPS) is 10.8. The van der Waals surface area contributed by atoms with E-state index in [2.05, 4.69) is 20.3 Å². The van der Waals surface area contributed by atoms with Gasteiger partial charge in [0, 0.05) is 24.4 Å². The summed E-state index contributed by atoms with van der Waals surface area (Å²) in [6.45, 7) is 0. The third-order valence-electron chi connectivity index (χ3n) is 2.85. The zero-order valence-corrected chi connectivity index (χ0v) is 10.5. The monoisotopic (exact) mass is 269 g/mol. The van der Waals surface area contributed by atoms with Crippen LogP contribution in [0.2, 0.25) is 0 Å². The Bertz CT molecular complexity index is 754. The Morgan fingerprint density at radius 1 is 1.25 bits per heavy atom. The van der Waals surface area contributed by atoms with Crippen molar-refractivity contribution < 1.29 is 9.90 Å². The van der Waals surface area contributed by atoms with E-state index in [0.29, 0.717) is 17.9 Å². The minimum atomic E-state index is -0.870. The molecule has 0 fully saturated rings. The molecule has 0 bridgehead atoms. The van der Waals surface area contributed by atoms with Crippen molar-refractivity contribution in [2.24, 2.45) is 0 Å². The third kappa shape index (κ3) is 2.33. The Kier molecular flexibility index (Phi) is 3.08. The van der Waals surface area contributed by atoms with Crippen molar-refractivity contribution in [2.45, 2.75) is 12.8 Å². The van der Waals surface area contributed by atoms with Crippen LogP contribution >= 0.6 is 0 Å². The van der Waals surface area contributed by atoms with Crippen molar-refractivity contribution in [1.82, 2.24) is 24.8 Å². The second-order valence-corrected chi connectivity index (χ2v) is 4.24. The third-order valence-corrected chi connectivity index (χ3v) is 2.85. The Labute approximate surface area is 113 Å². The summed E-state index contributed by atoms with van der Waals surface area (Å²) in [5.41, 5.74) is 2.22. The van der Waals surface area contributed by atoms with Crippen LogP contribution in [-0.2, 0) is 11.2 Å². The summed E-state index contributed by atoms with van der Waals surface area (Å²) in [5.74, 6) is -0.335. The number of fused-ring (bicyclic) bond motifs is 1. The average molecular weight is 269 g/mol. The highest BCUT2D eigenvalue weighted by Gasteiger charge is 2.10. The quantitative estimate of drug-likeness (QED) is 0.765. The van der Waals surface area contributed by atoms with Gasteiger partial charge in [-0.15, -0.1) is 10.2 Å². The topological polar surface area (TPSA) is 93.3 Å². The van der Waals surface area contributed by atoms with E-state index >= 15 is 0 Å². The molecule has 7 nitrogen and oxygen atoms in total. The van der Waals surface area contributed by atoms with Crippen LogP contribution < -0.4 is 0 Å². The lowest BCUT2D eigenvalue weighted by Crippen LogP contribution is -2.04. The maximum atomic E-state index is 10.6. The zero-order valence-electron chi connectivity index (χ0n) is 10.5. The van der Waals surface area contributed by atoms with E-state index < -0.39 is 5.97 Å². The van der Waals surface area contributed by atoms with Gasteiger partial charge in [0.1, 0.15) is 0 Å². The summed E-state index contributed by atoms with van der Waals surface area (Å²) >= 11 is 0. The molecule has 20 heavy (non-hydrogen) atoms. The van der Waals surface area contributed by atoms with E-state index in [1.54, 1.807) is 23.0 Å². The fourth-order valence-corrected chi connectivity index (χ4v) is 1.88. The first-order valence-electron chi connectivity index (χ1n) is 6.07. The predicted molar refractivity (Wildman–Crippen MR) is 70.0 cm³/mol. The molecule has 3 aromatic heterocycles. The number of aryl methyl sites for hydroxylation is 1. The van der Waals surface area contributed by atoms with Crippen LogP contribution in [0.15, 0.2) is 36.7 Å². The highest BCUT2D eigenvalue weighted by molar-refractivity contribution is 5.67. The van der Waals surface area contributed by atoms with E-state index in [-0.39, 0.29) is 6.42 Å².